The van der Waals surface area contributed by atoms with E-state index in [4.69, 9.17) is 0 Å². The molecule has 4 heteroatoms. The monoisotopic (exact) mass is 235 g/mol. The molecule has 1 saturated heterocycles. The van der Waals surface area contributed by atoms with Crippen molar-refractivity contribution in [2.24, 2.45) is 0 Å². The van der Waals surface area contributed by atoms with Crippen LogP contribution < -0.4 is 10.6 Å². The summed E-state index contributed by atoms with van der Waals surface area (Å²) in [6.07, 6.45) is 7.01. The molecule has 17 heavy (non-hydrogen) atoms. The van der Waals surface area contributed by atoms with Crippen LogP contribution in [0, 0.1) is 0 Å². The first kappa shape index (κ1) is 12.2. The highest BCUT2D eigenvalue weighted by Gasteiger charge is 2.15. The van der Waals surface area contributed by atoms with Crippen LogP contribution in [0.1, 0.15) is 31.4 Å². The van der Waals surface area contributed by atoms with Gasteiger partial charge in [0.1, 0.15) is 0 Å². The zero-order valence-electron chi connectivity index (χ0n) is 10.2. The minimum atomic E-state index is 0.163. The summed E-state index contributed by atoms with van der Waals surface area (Å²) in [5.41, 5.74) is 1.17. The Hall–Kier alpha value is -1.29. The van der Waals surface area contributed by atoms with E-state index in [0.29, 0.717) is 19.0 Å². The molecule has 0 saturated carbocycles. The Bertz CT molecular complexity index is 328. The normalized spacial score (nSPS) is 20.1. The number of carbonyl (C=O) groups excluding carboxylic acids is 1. The molecule has 94 valence electrons. The van der Waals surface area contributed by atoms with Crippen molar-refractivity contribution >= 4 is 5.91 Å². The highest BCUT2D eigenvalue weighted by Crippen LogP contribution is 2.09. The van der Waals surface area contributed by atoms with E-state index in [1.54, 1.807) is 0 Å². The van der Waals surface area contributed by atoms with Crippen LogP contribution in [-0.2, 0) is 11.2 Å². The third-order valence-electron chi connectivity index (χ3n) is 3.22. The Balaban J connectivity index is 1.60. The van der Waals surface area contributed by atoms with E-state index in [1.165, 1.54) is 18.5 Å². The molecule has 0 aromatic carbocycles. The summed E-state index contributed by atoms with van der Waals surface area (Å²) in [7, 11) is 0. The quantitative estimate of drug-likeness (QED) is 0.718. The predicted octanol–water partition coefficient (Wildman–Crippen LogP) is 1.21. The molecule has 1 aliphatic heterocycles. The summed E-state index contributed by atoms with van der Waals surface area (Å²) in [5, 5.41) is 6.36. The lowest BCUT2D eigenvalue weighted by molar-refractivity contribution is -0.121. The maximum Gasteiger partial charge on any atom is 0.221 e. The minimum Gasteiger partial charge on any atom is -0.365 e. The van der Waals surface area contributed by atoms with Crippen LogP contribution in [0.2, 0.25) is 0 Å². The van der Waals surface area contributed by atoms with E-state index in [2.05, 4.69) is 15.6 Å². The largest absolute Gasteiger partial charge is 0.365 e. The van der Waals surface area contributed by atoms with Gasteiger partial charge < -0.3 is 15.6 Å². The molecule has 2 heterocycles. The van der Waals surface area contributed by atoms with Gasteiger partial charge in [0.25, 0.3) is 0 Å². The van der Waals surface area contributed by atoms with Crippen LogP contribution in [0.5, 0.6) is 0 Å². The van der Waals surface area contributed by atoms with Gasteiger partial charge in [-0.3, -0.25) is 4.79 Å². The summed E-state index contributed by atoms with van der Waals surface area (Å²) in [4.78, 5) is 14.8. The topological polar surface area (TPSA) is 56.9 Å². The van der Waals surface area contributed by atoms with Crippen molar-refractivity contribution in [3.63, 3.8) is 0 Å². The van der Waals surface area contributed by atoms with Gasteiger partial charge in [-0.25, -0.2) is 0 Å². The van der Waals surface area contributed by atoms with Crippen molar-refractivity contribution in [2.75, 3.05) is 13.1 Å². The molecule has 1 unspecified atom stereocenters. The zero-order chi connectivity index (χ0) is 11.9. The molecular weight excluding hydrogens is 214 g/mol. The fourth-order valence-electron chi connectivity index (χ4n) is 2.25. The molecule has 0 bridgehead atoms. The molecule has 1 aliphatic rings. The van der Waals surface area contributed by atoms with Crippen LogP contribution >= 0.6 is 0 Å². The van der Waals surface area contributed by atoms with Crippen LogP contribution in [0.3, 0.4) is 0 Å². The van der Waals surface area contributed by atoms with E-state index in [0.717, 1.165) is 19.4 Å². The summed E-state index contributed by atoms with van der Waals surface area (Å²) in [6.45, 7) is 1.77. The number of aromatic amines is 1. The van der Waals surface area contributed by atoms with Gasteiger partial charge in [0.2, 0.25) is 5.91 Å². The Morgan fingerprint density at radius 1 is 1.47 bits per heavy atom. The molecule has 3 N–H and O–H groups in total. The first-order chi connectivity index (χ1) is 8.34. The number of hydrogen-bond donors (Lipinski definition) is 3. The Kier molecular flexibility index (Phi) is 4.62. The highest BCUT2D eigenvalue weighted by atomic mass is 16.1. The molecule has 2 rings (SSSR count). The maximum atomic E-state index is 11.7. The van der Waals surface area contributed by atoms with Gasteiger partial charge in [-0.05, 0) is 31.5 Å². The Morgan fingerprint density at radius 3 is 3.12 bits per heavy atom. The van der Waals surface area contributed by atoms with Crippen molar-refractivity contribution in [3.8, 4) is 0 Å². The van der Waals surface area contributed by atoms with Crippen molar-refractivity contribution in [1.82, 2.24) is 15.6 Å². The molecule has 0 aliphatic carbocycles. The van der Waals surface area contributed by atoms with Gasteiger partial charge >= 0.3 is 0 Å². The van der Waals surface area contributed by atoms with Gasteiger partial charge in [0, 0.05) is 37.3 Å². The number of aromatic nitrogens is 1. The second-order valence-corrected chi connectivity index (χ2v) is 4.65. The molecule has 0 radical (unpaired) electrons. The number of hydrogen-bond acceptors (Lipinski definition) is 2. The van der Waals surface area contributed by atoms with Gasteiger partial charge in [-0.2, -0.15) is 0 Å². The SMILES string of the molecule is O=C(CC1CCCCN1)NCCc1ccc[nH]1. The zero-order valence-corrected chi connectivity index (χ0v) is 10.2. The number of H-pyrrole nitrogens is 1. The van der Waals surface area contributed by atoms with Crippen molar-refractivity contribution in [1.29, 1.82) is 0 Å². The average molecular weight is 235 g/mol. The second-order valence-electron chi connectivity index (χ2n) is 4.65. The van der Waals surface area contributed by atoms with Crippen LogP contribution in [0.15, 0.2) is 18.3 Å². The van der Waals surface area contributed by atoms with Crippen LogP contribution in [0.4, 0.5) is 0 Å². The lowest BCUT2D eigenvalue weighted by Gasteiger charge is -2.22. The van der Waals surface area contributed by atoms with Crippen molar-refractivity contribution < 1.29 is 4.79 Å². The Morgan fingerprint density at radius 2 is 2.41 bits per heavy atom. The van der Waals surface area contributed by atoms with E-state index >= 15 is 0 Å². The highest BCUT2D eigenvalue weighted by molar-refractivity contribution is 5.76. The number of amides is 1. The second kappa shape index (κ2) is 6.45. The molecule has 1 atom stereocenters. The molecular formula is C13H21N3O. The lowest BCUT2D eigenvalue weighted by Crippen LogP contribution is -2.39. The van der Waals surface area contributed by atoms with E-state index in [9.17, 15) is 4.79 Å². The van der Waals surface area contributed by atoms with Crippen LogP contribution in [-0.4, -0.2) is 30.0 Å². The van der Waals surface area contributed by atoms with Gasteiger partial charge in [0.15, 0.2) is 0 Å². The fourth-order valence-corrected chi connectivity index (χ4v) is 2.25. The number of rotatable bonds is 5. The van der Waals surface area contributed by atoms with Gasteiger partial charge in [-0.15, -0.1) is 0 Å². The number of carbonyl (C=O) groups is 1. The predicted molar refractivity (Wildman–Crippen MR) is 67.8 cm³/mol. The van der Waals surface area contributed by atoms with E-state index in [-0.39, 0.29) is 5.91 Å². The first-order valence-corrected chi connectivity index (χ1v) is 6.47. The molecule has 1 aromatic rings. The molecule has 4 nitrogen and oxygen atoms in total. The van der Waals surface area contributed by atoms with Gasteiger partial charge in [0.05, 0.1) is 0 Å². The maximum absolute atomic E-state index is 11.7. The van der Waals surface area contributed by atoms with Crippen molar-refractivity contribution in [3.05, 3.63) is 24.0 Å². The number of nitrogens with one attached hydrogen (secondary N) is 3. The van der Waals surface area contributed by atoms with Crippen molar-refractivity contribution in [2.45, 2.75) is 38.1 Å². The van der Waals surface area contributed by atoms with Crippen LogP contribution in [0.25, 0.3) is 0 Å². The summed E-state index contributed by atoms with van der Waals surface area (Å²) in [6, 6.07) is 4.40. The van der Waals surface area contributed by atoms with E-state index < -0.39 is 0 Å². The average Bonchev–Trinajstić information content (AvgIpc) is 2.83. The lowest BCUT2D eigenvalue weighted by atomic mass is 10.0. The summed E-state index contributed by atoms with van der Waals surface area (Å²) in [5.74, 6) is 0.163. The fraction of sp³-hybridized carbons (Fsp3) is 0.615. The Labute approximate surface area is 102 Å². The first-order valence-electron chi connectivity index (χ1n) is 6.47. The van der Waals surface area contributed by atoms with E-state index in [1.807, 2.05) is 18.3 Å². The third-order valence-corrected chi connectivity index (χ3v) is 3.22. The molecule has 1 aromatic heterocycles. The molecule has 0 spiro atoms. The summed E-state index contributed by atoms with van der Waals surface area (Å²) < 4.78 is 0. The molecule has 1 fully saturated rings. The molecule has 1 amide bonds. The van der Waals surface area contributed by atoms with Gasteiger partial charge in [-0.1, -0.05) is 6.42 Å². The summed E-state index contributed by atoms with van der Waals surface area (Å²) >= 11 is 0. The number of piperidine rings is 1. The smallest absolute Gasteiger partial charge is 0.221 e. The standard InChI is InChI=1S/C13H21N3O/c17-13(10-12-4-1-2-7-15-12)16-9-6-11-5-3-8-14-11/h3,5,8,12,14-15H,1-2,4,6-7,9-10H2,(H,16,17). The third kappa shape index (κ3) is 4.23. The minimum absolute atomic E-state index is 0.163.